The van der Waals surface area contributed by atoms with Crippen LogP contribution in [0.5, 0.6) is 0 Å². The summed E-state index contributed by atoms with van der Waals surface area (Å²) in [4.78, 5) is 46.2. The van der Waals surface area contributed by atoms with Gasteiger partial charge >= 0.3 is 0 Å². The molecule has 10 heteroatoms. The zero-order valence-electron chi connectivity index (χ0n) is 21.9. The molecular formula is C29H29F2N5O3. The summed E-state index contributed by atoms with van der Waals surface area (Å²) < 4.78 is 28.0. The van der Waals surface area contributed by atoms with Crippen LogP contribution in [0, 0.1) is 28.9 Å². The quantitative estimate of drug-likeness (QED) is 0.491. The van der Waals surface area contributed by atoms with E-state index in [1.807, 2.05) is 32.0 Å². The van der Waals surface area contributed by atoms with Gasteiger partial charge in [-0.15, -0.1) is 0 Å². The number of fused-ring (bicyclic) bond motifs is 3. The van der Waals surface area contributed by atoms with Crippen LogP contribution >= 0.6 is 0 Å². The number of para-hydroxylation sites is 1. The second kappa shape index (κ2) is 9.80. The molecule has 3 amide bonds. The highest BCUT2D eigenvalue weighted by Crippen LogP contribution is 2.46. The molecule has 0 bridgehead atoms. The van der Waals surface area contributed by atoms with E-state index in [-0.39, 0.29) is 41.4 Å². The molecule has 1 spiro atoms. The van der Waals surface area contributed by atoms with Gasteiger partial charge in [0.05, 0.1) is 17.0 Å². The minimum absolute atomic E-state index is 0.0122. The second-order valence-corrected chi connectivity index (χ2v) is 10.8. The number of nitrogens with zero attached hydrogens (tertiary/aromatic N) is 3. The SMILES string of the molecule is CC(C)CC[C@@H](C(=O)N1C[C@]2(CC1C#N)C(=O)Nc1ccccc12)N(C)C(=O)c1cc2c(F)cc(F)cc2[nH]1. The molecule has 3 atom stereocenters. The van der Waals surface area contributed by atoms with E-state index in [2.05, 4.69) is 16.4 Å². The van der Waals surface area contributed by atoms with Crippen molar-refractivity contribution >= 4 is 34.3 Å². The molecule has 2 N–H and O–H groups in total. The first kappa shape index (κ1) is 26.4. The number of halogens is 2. The first-order chi connectivity index (χ1) is 18.6. The van der Waals surface area contributed by atoms with Crippen LogP contribution in [-0.2, 0) is 15.0 Å². The number of anilines is 1. The minimum Gasteiger partial charge on any atom is -0.350 e. The van der Waals surface area contributed by atoms with Crippen LogP contribution in [0.2, 0.25) is 0 Å². The number of hydrogen-bond acceptors (Lipinski definition) is 4. The molecule has 39 heavy (non-hydrogen) atoms. The van der Waals surface area contributed by atoms with Crippen molar-refractivity contribution in [3.63, 3.8) is 0 Å². The third kappa shape index (κ3) is 4.42. The van der Waals surface area contributed by atoms with E-state index in [0.717, 1.165) is 17.7 Å². The van der Waals surface area contributed by atoms with Gasteiger partial charge in [0.25, 0.3) is 5.91 Å². The number of rotatable bonds is 6. The van der Waals surface area contributed by atoms with E-state index >= 15 is 0 Å². The number of carbonyl (C=O) groups is 3. The Balaban J connectivity index is 1.46. The van der Waals surface area contributed by atoms with Gasteiger partial charge in [-0.3, -0.25) is 14.4 Å². The molecular weight excluding hydrogens is 504 g/mol. The lowest BCUT2D eigenvalue weighted by molar-refractivity contribution is -0.136. The average molecular weight is 534 g/mol. The first-order valence-corrected chi connectivity index (χ1v) is 12.9. The molecule has 1 unspecified atom stereocenters. The van der Waals surface area contributed by atoms with Crippen molar-refractivity contribution in [2.24, 2.45) is 5.92 Å². The van der Waals surface area contributed by atoms with E-state index in [1.165, 1.54) is 22.9 Å². The maximum absolute atomic E-state index is 14.3. The maximum atomic E-state index is 14.3. The predicted molar refractivity (Wildman–Crippen MR) is 141 cm³/mol. The summed E-state index contributed by atoms with van der Waals surface area (Å²) in [6.45, 7) is 4.02. The summed E-state index contributed by atoms with van der Waals surface area (Å²) in [5.41, 5.74) is 0.515. The number of amides is 3. The number of nitrogens with one attached hydrogen (secondary N) is 2. The summed E-state index contributed by atoms with van der Waals surface area (Å²) in [6, 6.07) is 10.8. The Bertz CT molecular complexity index is 1530. The molecule has 0 saturated carbocycles. The molecule has 3 heterocycles. The van der Waals surface area contributed by atoms with Crippen molar-refractivity contribution in [3.8, 4) is 6.07 Å². The smallest absolute Gasteiger partial charge is 0.270 e. The number of likely N-dealkylation sites (N-methyl/N-ethyl adjacent to an activating group) is 1. The zero-order chi connectivity index (χ0) is 28.1. The minimum atomic E-state index is -1.05. The fraction of sp³-hybridized carbons (Fsp3) is 0.379. The largest absolute Gasteiger partial charge is 0.350 e. The van der Waals surface area contributed by atoms with Gasteiger partial charge in [0.1, 0.15) is 29.4 Å². The molecule has 2 aromatic carbocycles. The van der Waals surface area contributed by atoms with E-state index in [4.69, 9.17) is 0 Å². The Kier molecular flexibility index (Phi) is 6.62. The Hall–Kier alpha value is -4.26. The lowest BCUT2D eigenvalue weighted by Crippen LogP contribution is -2.51. The van der Waals surface area contributed by atoms with Crippen LogP contribution in [0.25, 0.3) is 10.9 Å². The molecule has 1 fully saturated rings. The van der Waals surface area contributed by atoms with E-state index < -0.39 is 40.9 Å². The number of nitriles is 1. The third-order valence-corrected chi connectivity index (χ3v) is 7.89. The predicted octanol–water partition coefficient (Wildman–Crippen LogP) is 4.34. The maximum Gasteiger partial charge on any atom is 0.270 e. The average Bonchev–Trinajstić information content (AvgIpc) is 3.58. The van der Waals surface area contributed by atoms with Gasteiger partial charge < -0.3 is 20.1 Å². The molecule has 1 saturated heterocycles. The Morgan fingerprint density at radius 1 is 1.21 bits per heavy atom. The number of H-pyrrole nitrogens is 1. The number of aromatic nitrogens is 1. The fourth-order valence-corrected chi connectivity index (χ4v) is 5.76. The molecule has 0 radical (unpaired) electrons. The summed E-state index contributed by atoms with van der Waals surface area (Å²) in [5, 5.41) is 12.9. The molecule has 202 valence electrons. The molecule has 2 aliphatic heterocycles. The van der Waals surface area contributed by atoms with E-state index in [9.17, 15) is 28.4 Å². The van der Waals surface area contributed by atoms with Crippen LogP contribution < -0.4 is 5.32 Å². The molecule has 1 aromatic heterocycles. The highest BCUT2D eigenvalue weighted by Gasteiger charge is 2.56. The number of likely N-dealkylation sites (tertiary alicyclic amines) is 1. The van der Waals surface area contributed by atoms with Crippen LogP contribution in [-0.4, -0.2) is 58.2 Å². The van der Waals surface area contributed by atoms with Gasteiger partial charge in [-0.25, -0.2) is 8.78 Å². The fourth-order valence-electron chi connectivity index (χ4n) is 5.76. The van der Waals surface area contributed by atoms with Gasteiger partial charge in [-0.1, -0.05) is 32.0 Å². The number of benzene rings is 2. The highest BCUT2D eigenvalue weighted by molar-refractivity contribution is 6.07. The molecule has 5 rings (SSSR count). The summed E-state index contributed by atoms with van der Waals surface area (Å²) in [5.74, 6) is -2.60. The first-order valence-electron chi connectivity index (χ1n) is 12.9. The number of carbonyl (C=O) groups excluding carboxylic acids is 3. The second-order valence-electron chi connectivity index (χ2n) is 10.8. The third-order valence-electron chi connectivity index (χ3n) is 7.89. The molecule has 8 nitrogen and oxygen atoms in total. The Labute approximate surface area is 224 Å². The molecule has 0 aliphatic carbocycles. The van der Waals surface area contributed by atoms with Gasteiger partial charge in [-0.05, 0) is 42.5 Å². The van der Waals surface area contributed by atoms with Crippen molar-refractivity contribution in [2.75, 3.05) is 18.9 Å². The van der Waals surface area contributed by atoms with Crippen LogP contribution in [0.15, 0.2) is 42.5 Å². The Morgan fingerprint density at radius 2 is 1.95 bits per heavy atom. The standard InChI is InChI=1S/C29H29F2N5O3/c1-16(2)8-9-25(35(3)26(37)24-12-19-21(31)10-17(30)11-23(19)33-24)27(38)36-15-29(13-18(36)14-32)20-6-4-5-7-22(20)34-28(29)39/h4-7,10-12,16,18,25,33H,8-9,13,15H2,1-3H3,(H,34,39)/t18?,25-,29-/m0/s1. The summed E-state index contributed by atoms with van der Waals surface area (Å²) in [6.07, 6.45) is 1.10. The van der Waals surface area contributed by atoms with E-state index in [1.54, 1.807) is 6.07 Å². The normalized spacial score (nSPS) is 20.8. The van der Waals surface area contributed by atoms with E-state index in [0.29, 0.717) is 18.5 Å². The lowest BCUT2D eigenvalue weighted by Gasteiger charge is -2.32. The monoisotopic (exact) mass is 533 g/mol. The van der Waals surface area contributed by atoms with Crippen molar-refractivity contribution in [1.29, 1.82) is 5.26 Å². The van der Waals surface area contributed by atoms with Crippen molar-refractivity contribution in [3.05, 3.63) is 65.4 Å². The van der Waals surface area contributed by atoms with Crippen molar-refractivity contribution < 1.29 is 23.2 Å². The van der Waals surface area contributed by atoms with Crippen molar-refractivity contribution in [2.45, 2.75) is 50.6 Å². The summed E-state index contributed by atoms with van der Waals surface area (Å²) >= 11 is 0. The van der Waals surface area contributed by atoms with Gasteiger partial charge in [0.15, 0.2) is 0 Å². The van der Waals surface area contributed by atoms with Crippen LogP contribution in [0.4, 0.5) is 14.5 Å². The number of hydrogen-bond donors (Lipinski definition) is 2. The van der Waals surface area contributed by atoms with Gasteiger partial charge in [0, 0.05) is 37.2 Å². The topological polar surface area (TPSA) is 109 Å². The van der Waals surface area contributed by atoms with Gasteiger partial charge in [-0.2, -0.15) is 5.26 Å². The van der Waals surface area contributed by atoms with Crippen LogP contribution in [0.3, 0.4) is 0 Å². The Morgan fingerprint density at radius 3 is 2.67 bits per heavy atom. The van der Waals surface area contributed by atoms with Gasteiger partial charge in [0.2, 0.25) is 11.8 Å². The zero-order valence-corrected chi connectivity index (χ0v) is 21.9. The lowest BCUT2D eigenvalue weighted by atomic mass is 9.80. The highest BCUT2D eigenvalue weighted by atomic mass is 19.1. The van der Waals surface area contributed by atoms with Crippen molar-refractivity contribution in [1.82, 2.24) is 14.8 Å². The molecule has 3 aromatic rings. The van der Waals surface area contributed by atoms with Crippen LogP contribution in [0.1, 0.15) is 49.2 Å². The summed E-state index contributed by atoms with van der Waals surface area (Å²) in [7, 11) is 1.48. The molecule has 2 aliphatic rings. The number of aromatic amines is 1.